The average molecular weight is 250 g/mol. The molecule has 18 heavy (non-hydrogen) atoms. The minimum absolute atomic E-state index is 0.160. The molecule has 1 aliphatic carbocycles. The molecule has 1 aliphatic rings. The van der Waals surface area contributed by atoms with Gasteiger partial charge in [-0.15, -0.1) is 0 Å². The second-order valence-corrected chi connectivity index (χ2v) is 4.61. The summed E-state index contributed by atoms with van der Waals surface area (Å²) in [6, 6.07) is 7.90. The molecule has 0 bridgehead atoms. The Morgan fingerprint density at radius 1 is 1.28 bits per heavy atom. The number of carbonyl (C=O) groups is 1. The summed E-state index contributed by atoms with van der Waals surface area (Å²) in [6.45, 7) is 1.12. The summed E-state index contributed by atoms with van der Waals surface area (Å²) in [7, 11) is 1.64. The molecule has 0 amide bonds. The van der Waals surface area contributed by atoms with Gasteiger partial charge in [0.1, 0.15) is 12.4 Å². The highest BCUT2D eigenvalue weighted by Crippen LogP contribution is 2.41. The van der Waals surface area contributed by atoms with Crippen LogP contribution in [0, 0.1) is 5.92 Å². The van der Waals surface area contributed by atoms with Gasteiger partial charge >= 0.3 is 5.97 Å². The first kappa shape index (κ1) is 12.9. The van der Waals surface area contributed by atoms with Crippen LogP contribution in [0.15, 0.2) is 24.3 Å². The van der Waals surface area contributed by atoms with Gasteiger partial charge in [-0.25, -0.2) is 0 Å². The van der Waals surface area contributed by atoms with E-state index in [0.29, 0.717) is 19.1 Å². The second-order valence-electron chi connectivity index (χ2n) is 4.61. The largest absolute Gasteiger partial charge is 0.491 e. The van der Waals surface area contributed by atoms with E-state index in [4.69, 9.17) is 14.6 Å². The van der Waals surface area contributed by atoms with Gasteiger partial charge in [-0.2, -0.15) is 0 Å². The number of aliphatic carboxylic acids is 1. The lowest BCUT2D eigenvalue weighted by molar-refractivity contribution is -0.145. The average Bonchev–Trinajstić information content (AvgIpc) is 2.29. The fraction of sp³-hybridized carbons (Fsp3) is 0.500. The number of carboxylic acids is 1. The number of hydrogen-bond donors (Lipinski definition) is 1. The Kier molecular flexibility index (Phi) is 4.20. The van der Waals surface area contributed by atoms with Crippen molar-refractivity contribution in [3.05, 3.63) is 29.8 Å². The number of benzene rings is 1. The van der Waals surface area contributed by atoms with E-state index in [1.165, 1.54) is 5.56 Å². The topological polar surface area (TPSA) is 55.8 Å². The minimum Gasteiger partial charge on any atom is -0.491 e. The molecule has 0 saturated heterocycles. The summed E-state index contributed by atoms with van der Waals surface area (Å²) in [4.78, 5) is 10.7. The van der Waals surface area contributed by atoms with Gasteiger partial charge in [-0.3, -0.25) is 4.79 Å². The molecule has 2 rings (SSSR count). The van der Waals surface area contributed by atoms with Gasteiger partial charge in [0.15, 0.2) is 0 Å². The van der Waals surface area contributed by atoms with E-state index < -0.39 is 5.97 Å². The lowest BCUT2D eigenvalue weighted by Gasteiger charge is -2.32. The Morgan fingerprint density at radius 3 is 2.50 bits per heavy atom. The Morgan fingerprint density at radius 2 is 1.94 bits per heavy atom. The molecule has 1 aromatic rings. The third-order valence-corrected chi connectivity index (χ3v) is 3.40. The summed E-state index contributed by atoms with van der Waals surface area (Å²) >= 11 is 0. The van der Waals surface area contributed by atoms with Crippen LogP contribution in [-0.2, 0) is 9.53 Å². The van der Waals surface area contributed by atoms with E-state index in [1.54, 1.807) is 7.11 Å². The van der Waals surface area contributed by atoms with Crippen LogP contribution in [0.2, 0.25) is 0 Å². The standard InChI is InChI=1S/C14H18O4/c1-17-6-7-18-13-4-2-10(3-5-13)11-8-12(9-11)14(15)16/h2-5,11-12H,6-9H2,1H3,(H,15,16). The molecule has 0 spiro atoms. The molecular weight excluding hydrogens is 232 g/mol. The van der Waals surface area contributed by atoms with Crippen molar-refractivity contribution in [2.45, 2.75) is 18.8 Å². The van der Waals surface area contributed by atoms with E-state index in [0.717, 1.165) is 18.6 Å². The highest BCUT2D eigenvalue weighted by Gasteiger charge is 2.35. The summed E-state index contributed by atoms with van der Waals surface area (Å²) in [6.07, 6.45) is 1.50. The first-order chi connectivity index (χ1) is 8.70. The van der Waals surface area contributed by atoms with Crippen LogP contribution in [0.5, 0.6) is 5.75 Å². The van der Waals surface area contributed by atoms with Crippen LogP contribution in [0.3, 0.4) is 0 Å². The van der Waals surface area contributed by atoms with Crippen LogP contribution < -0.4 is 4.74 Å². The van der Waals surface area contributed by atoms with E-state index in [2.05, 4.69) is 0 Å². The number of carboxylic acid groups (broad SMARTS) is 1. The van der Waals surface area contributed by atoms with Crippen LogP contribution in [0.25, 0.3) is 0 Å². The predicted octanol–water partition coefficient (Wildman–Crippen LogP) is 2.29. The summed E-state index contributed by atoms with van der Waals surface area (Å²) in [5, 5.41) is 8.83. The SMILES string of the molecule is COCCOc1ccc(C2CC(C(=O)O)C2)cc1. The van der Waals surface area contributed by atoms with Crippen molar-refractivity contribution in [1.29, 1.82) is 0 Å². The molecule has 4 nitrogen and oxygen atoms in total. The smallest absolute Gasteiger partial charge is 0.306 e. The van der Waals surface area contributed by atoms with Gasteiger partial charge in [-0.1, -0.05) is 12.1 Å². The Labute approximate surface area is 107 Å². The molecule has 0 unspecified atom stereocenters. The van der Waals surface area contributed by atoms with Gasteiger partial charge in [-0.05, 0) is 36.5 Å². The maximum absolute atomic E-state index is 10.7. The van der Waals surface area contributed by atoms with Gasteiger partial charge < -0.3 is 14.6 Å². The van der Waals surface area contributed by atoms with Crippen molar-refractivity contribution in [2.24, 2.45) is 5.92 Å². The number of ether oxygens (including phenoxy) is 2. The molecule has 98 valence electrons. The van der Waals surface area contributed by atoms with E-state index in [1.807, 2.05) is 24.3 Å². The van der Waals surface area contributed by atoms with Gasteiger partial charge in [0, 0.05) is 7.11 Å². The van der Waals surface area contributed by atoms with Crippen LogP contribution in [-0.4, -0.2) is 31.4 Å². The third-order valence-electron chi connectivity index (χ3n) is 3.40. The Bertz CT molecular complexity index is 393. The molecule has 1 saturated carbocycles. The Hall–Kier alpha value is -1.55. The fourth-order valence-electron chi connectivity index (χ4n) is 2.17. The summed E-state index contributed by atoms with van der Waals surface area (Å²) in [5.74, 6) is 0.377. The van der Waals surface area contributed by atoms with Gasteiger partial charge in [0.05, 0.1) is 12.5 Å². The van der Waals surface area contributed by atoms with Crippen molar-refractivity contribution < 1.29 is 19.4 Å². The normalized spacial score (nSPS) is 22.3. The summed E-state index contributed by atoms with van der Waals surface area (Å²) in [5.41, 5.74) is 1.20. The number of rotatable bonds is 6. The first-order valence-electron chi connectivity index (χ1n) is 6.15. The van der Waals surface area contributed by atoms with Gasteiger partial charge in [0.25, 0.3) is 0 Å². The molecule has 1 fully saturated rings. The molecule has 4 heteroatoms. The quantitative estimate of drug-likeness (QED) is 0.787. The van der Waals surface area contributed by atoms with E-state index in [9.17, 15) is 4.79 Å². The van der Waals surface area contributed by atoms with Gasteiger partial charge in [0.2, 0.25) is 0 Å². The number of hydrogen-bond acceptors (Lipinski definition) is 3. The van der Waals surface area contributed by atoms with Crippen molar-refractivity contribution in [3.63, 3.8) is 0 Å². The minimum atomic E-state index is -0.675. The lowest BCUT2D eigenvalue weighted by Crippen LogP contribution is -2.28. The van der Waals surface area contributed by atoms with E-state index >= 15 is 0 Å². The molecule has 0 aliphatic heterocycles. The molecule has 1 aromatic carbocycles. The highest BCUT2D eigenvalue weighted by atomic mass is 16.5. The van der Waals surface area contributed by atoms with Crippen LogP contribution >= 0.6 is 0 Å². The van der Waals surface area contributed by atoms with Crippen LogP contribution in [0.4, 0.5) is 0 Å². The van der Waals surface area contributed by atoms with Crippen molar-refractivity contribution in [1.82, 2.24) is 0 Å². The molecule has 0 atom stereocenters. The molecule has 0 radical (unpaired) electrons. The predicted molar refractivity (Wildman–Crippen MR) is 66.9 cm³/mol. The zero-order valence-electron chi connectivity index (χ0n) is 10.5. The maximum atomic E-state index is 10.7. The zero-order valence-corrected chi connectivity index (χ0v) is 10.5. The lowest BCUT2D eigenvalue weighted by atomic mass is 9.71. The van der Waals surface area contributed by atoms with Crippen molar-refractivity contribution in [2.75, 3.05) is 20.3 Å². The Balaban J connectivity index is 1.83. The monoisotopic (exact) mass is 250 g/mol. The molecular formula is C14H18O4. The third kappa shape index (κ3) is 3.01. The number of methoxy groups -OCH3 is 1. The van der Waals surface area contributed by atoms with Crippen LogP contribution in [0.1, 0.15) is 24.3 Å². The summed E-state index contributed by atoms with van der Waals surface area (Å²) < 4.78 is 10.4. The fourth-order valence-corrected chi connectivity index (χ4v) is 2.17. The van der Waals surface area contributed by atoms with E-state index in [-0.39, 0.29) is 5.92 Å². The first-order valence-corrected chi connectivity index (χ1v) is 6.15. The second kappa shape index (κ2) is 5.87. The highest BCUT2D eigenvalue weighted by molar-refractivity contribution is 5.71. The van der Waals surface area contributed by atoms with Crippen molar-refractivity contribution >= 4 is 5.97 Å². The molecule has 1 N–H and O–H groups in total. The van der Waals surface area contributed by atoms with Crippen molar-refractivity contribution in [3.8, 4) is 5.75 Å². The molecule has 0 heterocycles. The zero-order chi connectivity index (χ0) is 13.0. The molecule has 0 aromatic heterocycles. The maximum Gasteiger partial charge on any atom is 0.306 e.